The van der Waals surface area contributed by atoms with E-state index in [1.807, 2.05) is 0 Å². The fourth-order valence-electron chi connectivity index (χ4n) is 0.837. The summed E-state index contributed by atoms with van der Waals surface area (Å²) in [5.74, 6) is 0. The molecule has 0 spiro atoms. The molecule has 0 aromatic carbocycles. The predicted octanol–water partition coefficient (Wildman–Crippen LogP) is 1.78. The normalized spacial score (nSPS) is 13.0. The quantitative estimate of drug-likeness (QED) is 0.419. The van der Waals surface area contributed by atoms with Crippen molar-refractivity contribution in [2.24, 2.45) is 0 Å². The van der Waals surface area contributed by atoms with Crippen molar-refractivity contribution in [3.05, 3.63) is 0 Å². The highest BCUT2D eigenvalue weighted by Gasteiger charge is 2.02. The lowest BCUT2D eigenvalue weighted by Crippen LogP contribution is -2.11. The van der Waals surface area contributed by atoms with E-state index in [0.717, 1.165) is 19.1 Å². The van der Waals surface area contributed by atoms with Crippen LogP contribution in [0, 0.1) is 0 Å². The van der Waals surface area contributed by atoms with Crippen molar-refractivity contribution in [2.45, 2.75) is 38.7 Å². The van der Waals surface area contributed by atoms with E-state index in [1.165, 1.54) is 12.8 Å². The third-order valence-corrected chi connectivity index (χ3v) is 1.55. The minimum absolute atomic E-state index is 0.174. The Morgan fingerprint density at radius 1 is 1.50 bits per heavy atom. The Morgan fingerprint density at radius 3 is 2.60 bits per heavy atom. The molecule has 0 aliphatic carbocycles. The van der Waals surface area contributed by atoms with Crippen LogP contribution in [-0.2, 0) is 9.53 Å². The lowest BCUT2D eigenvalue weighted by atomic mass is 10.1. The maximum atomic E-state index is 10.2. The minimum atomic E-state index is -0.174. The number of hydrogen-bond donors (Lipinski definition) is 0. The maximum absolute atomic E-state index is 10.2. The molecule has 0 fully saturated rings. The van der Waals surface area contributed by atoms with Gasteiger partial charge in [0.25, 0.3) is 0 Å². The summed E-state index contributed by atoms with van der Waals surface area (Å²) in [6.45, 7) is 2.14. The molecular weight excluding hydrogens is 128 g/mol. The number of rotatable bonds is 6. The van der Waals surface area contributed by atoms with Gasteiger partial charge >= 0.3 is 0 Å². The molecule has 0 aliphatic heterocycles. The third kappa shape index (κ3) is 4.50. The van der Waals surface area contributed by atoms with Crippen molar-refractivity contribution in [2.75, 3.05) is 7.11 Å². The molecule has 0 rings (SSSR count). The molecule has 0 heterocycles. The molecule has 10 heavy (non-hydrogen) atoms. The van der Waals surface area contributed by atoms with Gasteiger partial charge in [-0.3, -0.25) is 0 Å². The second kappa shape index (κ2) is 6.75. The number of aldehydes is 1. The molecule has 1 atom stereocenters. The molecule has 2 heteroatoms. The highest BCUT2D eigenvalue weighted by molar-refractivity contribution is 5.55. The standard InChI is InChI=1S/C8H16O2/c1-3-4-5-6-8(7-9)10-2/h7-8H,3-6H2,1-2H3. The molecule has 0 saturated heterocycles. The van der Waals surface area contributed by atoms with Gasteiger partial charge in [-0.1, -0.05) is 26.2 Å². The smallest absolute Gasteiger partial charge is 0.148 e. The largest absolute Gasteiger partial charge is 0.374 e. The Morgan fingerprint density at radius 2 is 2.20 bits per heavy atom. The van der Waals surface area contributed by atoms with Crippen LogP contribution in [0.5, 0.6) is 0 Å². The first-order valence-corrected chi connectivity index (χ1v) is 3.83. The van der Waals surface area contributed by atoms with Crippen LogP contribution in [0.1, 0.15) is 32.6 Å². The molecule has 1 unspecified atom stereocenters. The molecule has 0 radical (unpaired) electrons. The molecule has 60 valence electrons. The van der Waals surface area contributed by atoms with Gasteiger partial charge in [0.1, 0.15) is 12.4 Å². The summed E-state index contributed by atoms with van der Waals surface area (Å²) in [5, 5.41) is 0. The van der Waals surface area contributed by atoms with E-state index in [2.05, 4.69) is 6.92 Å². The molecule has 2 nitrogen and oxygen atoms in total. The molecule has 0 aromatic rings. The first kappa shape index (κ1) is 9.63. The van der Waals surface area contributed by atoms with Crippen molar-refractivity contribution in [3.8, 4) is 0 Å². The molecule has 0 aliphatic rings. The zero-order valence-electron chi connectivity index (χ0n) is 6.80. The number of methoxy groups -OCH3 is 1. The van der Waals surface area contributed by atoms with Crippen LogP contribution in [0.2, 0.25) is 0 Å². The number of carbonyl (C=O) groups is 1. The fraction of sp³-hybridized carbons (Fsp3) is 0.875. The van der Waals surface area contributed by atoms with Crippen LogP contribution < -0.4 is 0 Å². The second-order valence-electron chi connectivity index (χ2n) is 2.41. The highest BCUT2D eigenvalue weighted by atomic mass is 16.5. The highest BCUT2D eigenvalue weighted by Crippen LogP contribution is 2.03. The van der Waals surface area contributed by atoms with Gasteiger partial charge in [0.05, 0.1) is 0 Å². The lowest BCUT2D eigenvalue weighted by Gasteiger charge is -2.05. The first-order valence-electron chi connectivity index (χ1n) is 3.83. The summed E-state index contributed by atoms with van der Waals surface area (Å²) in [6, 6.07) is 0. The maximum Gasteiger partial charge on any atom is 0.148 e. The molecule has 0 aromatic heterocycles. The SMILES string of the molecule is CCCCCC(C=O)OC. The topological polar surface area (TPSA) is 26.3 Å². The summed E-state index contributed by atoms with van der Waals surface area (Å²) in [5.41, 5.74) is 0. The van der Waals surface area contributed by atoms with E-state index in [4.69, 9.17) is 4.74 Å². The molecular formula is C8H16O2. The number of hydrogen-bond acceptors (Lipinski definition) is 2. The number of carbonyl (C=O) groups excluding carboxylic acids is 1. The summed E-state index contributed by atoms with van der Waals surface area (Å²) < 4.78 is 4.88. The van der Waals surface area contributed by atoms with Crippen LogP contribution >= 0.6 is 0 Å². The van der Waals surface area contributed by atoms with Gasteiger partial charge in [0, 0.05) is 7.11 Å². The summed E-state index contributed by atoms with van der Waals surface area (Å²) in [6.07, 6.45) is 5.03. The van der Waals surface area contributed by atoms with E-state index in [1.54, 1.807) is 7.11 Å². The minimum Gasteiger partial charge on any atom is -0.374 e. The van der Waals surface area contributed by atoms with Gasteiger partial charge in [-0.15, -0.1) is 0 Å². The van der Waals surface area contributed by atoms with Crippen molar-refractivity contribution in [3.63, 3.8) is 0 Å². The number of ether oxygens (including phenoxy) is 1. The molecule has 0 N–H and O–H groups in total. The summed E-state index contributed by atoms with van der Waals surface area (Å²) in [7, 11) is 1.57. The lowest BCUT2D eigenvalue weighted by molar-refractivity contribution is -0.116. The Bertz CT molecular complexity index is 81.3. The van der Waals surface area contributed by atoms with Gasteiger partial charge in [-0.2, -0.15) is 0 Å². The van der Waals surface area contributed by atoms with Gasteiger partial charge in [-0.05, 0) is 6.42 Å². The van der Waals surface area contributed by atoms with E-state index < -0.39 is 0 Å². The van der Waals surface area contributed by atoms with Crippen molar-refractivity contribution < 1.29 is 9.53 Å². The zero-order chi connectivity index (χ0) is 7.82. The van der Waals surface area contributed by atoms with E-state index in [0.29, 0.717) is 0 Å². The Hall–Kier alpha value is -0.370. The Kier molecular flexibility index (Phi) is 6.50. The van der Waals surface area contributed by atoms with Crippen LogP contribution in [-0.4, -0.2) is 19.5 Å². The first-order chi connectivity index (χ1) is 4.85. The average Bonchev–Trinajstić information content (AvgIpc) is 1.99. The van der Waals surface area contributed by atoms with E-state index in [9.17, 15) is 4.79 Å². The Labute approximate surface area is 62.6 Å². The predicted molar refractivity (Wildman–Crippen MR) is 41.0 cm³/mol. The van der Waals surface area contributed by atoms with Gasteiger partial charge in [0.15, 0.2) is 0 Å². The van der Waals surface area contributed by atoms with E-state index >= 15 is 0 Å². The molecule has 0 amide bonds. The van der Waals surface area contributed by atoms with E-state index in [-0.39, 0.29) is 6.10 Å². The fourth-order valence-corrected chi connectivity index (χ4v) is 0.837. The summed E-state index contributed by atoms with van der Waals surface area (Å²) in [4.78, 5) is 10.2. The van der Waals surface area contributed by atoms with Crippen molar-refractivity contribution >= 4 is 6.29 Å². The van der Waals surface area contributed by atoms with Gasteiger partial charge in [0.2, 0.25) is 0 Å². The van der Waals surface area contributed by atoms with Gasteiger partial charge < -0.3 is 9.53 Å². The second-order valence-corrected chi connectivity index (χ2v) is 2.41. The third-order valence-electron chi connectivity index (χ3n) is 1.55. The van der Waals surface area contributed by atoms with Crippen LogP contribution in [0.4, 0.5) is 0 Å². The van der Waals surface area contributed by atoms with Gasteiger partial charge in [-0.25, -0.2) is 0 Å². The van der Waals surface area contributed by atoms with Crippen LogP contribution in [0.15, 0.2) is 0 Å². The number of unbranched alkanes of at least 4 members (excludes halogenated alkanes) is 2. The molecule has 0 bridgehead atoms. The van der Waals surface area contributed by atoms with Crippen molar-refractivity contribution in [1.29, 1.82) is 0 Å². The Balaban J connectivity index is 3.17. The average molecular weight is 144 g/mol. The molecule has 0 saturated carbocycles. The monoisotopic (exact) mass is 144 g/mol. The zero-order valence-corrected chi connectivity index (χ0v) is 6.80. The van der Waals surface area contributed by atoms with Crippen LogP contribution in [0.25, 0.3) is 0 Å². The van der Waals surface area contributed by atoms with Crippen LogP contribution in [0.3, 0.4) is 0 Å². The van der Waals surface area contributed by atoms with Crippen molar-refractivity contribution in [1.82, 2.24) is 0 Å². The summed E-state index contributed by atoms with van der Waals surface area (Å²) >= 11 is 0.